The maximum Gasteiger partial charge on any atom is 0.416 e. The van der Waals surface area contributed by atoms with Crippen LogP contribution in [0.3, 0.4) is 0 Å². The fourth-order valence-electron chi connectivity index (χ4n) is 0.443. The van der Waals surface area contributed by atoms with Gasteiger partial charge in [-0.25, -0.2) is 0 Å². The third-order valence-electron chi connectivity index (χ3n) is 1.19. The predicted molar refractivity (Wildman–Crippen MR) is 31.8 cm³/mol. The van der Waals surface area contributed by atoms with E-state index in [1.54, 1.807) is 0 Å². The maximum absolute atomic E-state index is 11.9. The Morgan fingerprint density at radius 2 is 1.60 bits per heavy atom. The Morgan fingerprint density at radius 1 is 1.20 bits per heavy atom. The molecule has 0 fully saturated rings. The van der Waals surface area contributed by atoms with Gasteiger partial charge in [0, 0.05) is 6.61 Å². The van der Waals surface area contributed by atoms with Crippen molar-refractivity contribution in [3.63, 3.8) is 0 Å². The van der Waals surface area contributed by atoms with E-state index in [2.05, 4.69) is 4.74 Å². The first-order valence-electron chi connectivity index (χ1n) is 3.02. The molecule has 1 nitrogen and oxygen atoms in total. The van der Waals surface area contributed by atoms with Crippen molar-refractivity contribution in [2.75, 3.05) is 6.61 Å². The summed E-state index contributed by atoms with van der Waals surface area (Å²) >= 11 is 0. The van der Waals surface area contributed by atoms with Gasteiger partial charge in [0.2, 0.25) is 0 Å². The SMILES string of the molecule is CCOC(C)(C)C(F)(F)F. The molecule has 0 N–H and O–H groups in total. The molecule has 0 aliphatic carbocycles. The summed E-state index contributed by atoms with van der Waals surface area (Å²) in [7, 11) is 0. The fourth-order valence-corrected chi connectivity index (χ4v) is 0.443. The molecule has 10 heavy (non-hydrogen) atoms. The Labute approximate surface area is 58.2 Å². The highest BCUT2D eigenvalue weighted by Gasteiger charge is 2.48. The van der Waals surface area contributed by atoms with Crippen molar-refractivity contribution >= 4 is 0 Å². The van der Waals surface area contributed by atoms with Crippen LogP contribution in [0.25, 0.3) is 0 Å². The van der Waals surface area contributed by atoms with Gasteiger partial charge >= 0.3 is 6.18 Å². The molecule has 0 amide bonds. The van der Waals surface area contributed by atoms with Crippen LogP contribution in [-0.2, 0) is 4.74 Å². The van der Waals surface area contributed by atoms with E-state index in [9.17, 15) is 13.2 Å². The van der Waals surface area contributed by atoms with Crippen LogP contribution in [-0.4, -0.2) is 18.4 Å². The highest BCUT2D eigenvalue weighted by Crippen LogP contribution is 2.32. The molecule has 0 atom stereocenters. The van der Waals surface area contributed by atoms with Crippen molar-refractivity contribution in [1.82, 2.24) is 0 Å². The molecule has 0 saturated heterocycles. The lowest BCUT2D eigenvalue weighted by atomic mass is 10.1. The smallest absolute Gasteiger partial charge is 0.366 e. The Balaban J connectivity index is 4.10. The third kappa shape index (κ3) is 2.17. The van der Waals surface area contributed by atoms with Gasteiger partial charge < -0.3 is 4.74 Å². The maximum atomic E-state index is 11.9. The molecular formula is C6H11F3O. The van der Waals surface area contributed by atoms with Crippen molar-refractivity contribution in [2.45, 2.75) is 32.5 Å². The van der Waals surface area contributed by atoms with E-state index in [0.29, 0.717) is 0 Å². The van der Waals surface area contributed by atoms with Crippen molar-refractivity contribution < 1.29 is 17.9 Å². The normalized spacial score (nSPS) is 13.8. The monoisotopic (exact) mass is 156 g/mol. The Morgan fingerprint density at radius 3 is 1.70 bits per heavy atom. The van der Waals surface area contributed by atoms with E-state index in [1.165, 1.54) is 6.92 Å². The van der Waals surface area contributed by atoms with Crippen molar-refractivity contribution in [3.05, 3.63) is 0 Å². The summed E-state index contributed by atoms with van der Waals surface area (Å²) in [6, 6.07) is 0. The Kier molecular flexibility index (Phi) is 2.71. The van der Waals surface area contributed by atoms with Crippen molar-refractivity contribution in [2.24, 2.45) is 0 Å². The predicted octanol–water partition coefficient (Wildman–Crippen LogP) is 2.36. The van der Waals surface area contributed by atoms with Crippen LogP contribution in [0.2, 0.25) is 0 Å². The second kappa shape index (κ2) is 2.78. The van der Waals surface area contributed by atoms with Gasteiger partial charge in [-0.2, -0.15) is 13.2 Å². The zero-order valence-corrected chi connectivity index (χ0v) is 6.25. The first kappa shape index (κ1) is 9.75. The van der Waals surface area contributed by atoms with E-state index < -0.39 is 11.8 Å². The van der Waals surface area contributed by atoms with Gasteiger partial charge in [-0.1, -0.05) is 0 Å². The minimum atomic E-state index is -4.27. The molecular weight excluding hydrogens is 145 g/mol. The number of hydrogen-bond donors (Lipinski definition) is 0. The average molecular weight is 156 g/mol. The molecule has 0 heterocycles. The van der Waals surface area contributed by atoms with E-state index in [0.717, 1.165) is 13.8 Å². The summed E-state index contributed by atoms with van der Waals surface area (Å²) in [6.07, 6.45) is -4.27. The van der Waals surface area contributed by atoms with Gasteiger partial charge in [0.1, 0.15) is 0 Å². The van der Waals surface area contributed by atoms with Gasteiger partial charge in [-0.3, -0.25) is 0 Å². The summed E-state index contributed by atoms with van der Waals surface area (Å²) in [5.74, 6) is 0. The Bertz CT molecular complexity index is 106. The van der Waals surface area contributed by atoms with Crippen LogP contribution in [0, 0.1) is 0 Å². The van der Waals surface area contributed by atoms with Gasteiger partial charge in [-0.15, -0.1) is 0 Å². The first-order chi connectivity index (χ1) is 4.31. The van der Waals surface area contributed by atoms with Gasteiger partial charge in [0.15, 0.2) is 5.60 Å². The quantitative estimate of drug-likeness (QED) is 0.596. The average Bonchev–Trinajstić information content (AvgIpc) is 1.61. The molecule has 0 unspecified atom stereocenters. The minimum absolute atomic E-state index is 0.0759. The molecule has 0 saturated carbocycles. The summed E-state index contributed by atoms with van der Waals surface area (Å²) in [5.41, 5.74) is -2.01. The summed E-state index contributed by atoms with van der Waals surface area (Å²) < 4.78 is 40.2. The molecule has 0 aliphatic rings. The van der Waals surface area contributed by atoms with Crippen molar-refractivity contribution in [3.8, 4) is 0 Å². The number of rotatable bonds is 2. The van der Waals surface area contributed by atoms with Gasteiger partial charge in [0.05, 0.1) is 0 Å². The summed E-state index contributed by atoms with van der Waals surface area (Å²) in [6.45, 7) is 3.63. The van der Waals surface area contributed by atoms with E-state index in [4.69, 9.17) is 0 Å². The number of halogens is 3. The van der Waals surface area contributed by atoms with Gasteiger partial charge in [-0.05, 0) is 20.8 Å². The molecule has 0 aromatic carbocycles. The topological polar surface area (TPSA) is 9.23 Å². The minimum Gasteiger partial charge on any atom is -0.366 e. The lowest BCUT2D eigenvalue weighted by Crippen LogP contribution is -2.41. The number of alkyl halides is 3. The second-order valence-corrected chi connectivity index (χ2v) is 2.44. The molecule has 62 valence electrons. The molecule has 0 aromatic heterocycles. The lowest BCUT2D eigenvalue weighted by Gasteiger charge is -2.27. The largest absolute Gasteiger partial charge is 0.416 e. The van der Waals surface area contributed by atoms with Crippen LogP contribution in [0.15, 0.2) is 0 Å². The van der Waals surface area contributed by atoms with E-state index in [1.807, 2.05) is 0 Å². The second-order valence-electron chi connectivity index (χ2n) is 2.44. The molecule has 0 rings (SSSR count). The first-order valence-corrected chi connectivity index (χ1v) is 3.02. The van der Waals surface area contributed by atoms with Crippen LogP contribution >= 0.6 is 0 Å². The standard InChI is InChI=1S/C6H11F3O/c1-4-10-5(2,3)6(7,8)9/h4H2,1-3H3. The summed E-state index contributed by atoms with van der Waals surface area (Å²) in [5, 5.41) is 0. The third-order valence-corrected chi connectivity index (χ3v) is 1.19. The highest BCUT2D eigenvalue weighted by molar-refractivity contribution is 4.77. The molecule has 0 spiro atoms. The Hall–Kier alpha value is -0.250. The van der Waals surface area contributed by atoms with Crippen LogP contribution in [0.1, 0.15) is 20.8 Å². The van der Waals surface area contributed by atoms with E-state index >= 15 is 0 Å². The molecule has 0 radical (unpaired) electrons. The summed E-state index contributed by atoms with van der Waals surface area (Å²) in [4.78, 5) is 0. The number of ether oxygens (including phenoxy) is 1. The van der Waals surface area contributed by atoms with Crippen LogP contribution in [0.4, 0.5) is 13.2 Å². The fraction of sp³-hybridized carbons (Fsp3) is 1.00. The van der Waals surface area contributed by atoms with Gasteiger partial charge in [0.25, 0.3) is 0 Å². The number of hydrogen-bond acceptors (Lipinski definition) is 1. The zero-order valence-electron chi connectivity index (χ0n) is 6.25. The van der Waals surface area contributed by atoms with Crippen molar-refractivity contribution in [1.29, 1.82) is 0 Å². The van der Waals surface area contributed by atoms with Crippen LogP contribution in [0.5, 0.6) is 0 Å². The molecule has 0 aromatic rings. The lowest BCUT2D eigenvalue weighted by molar-refractivity contribution is -0.262. The molecule has 4 heteroatoms. The molecule has 0 aliphatic heterocycles. The molecule has 0 bridgehead atoms. The highest BCUT2D eigenvalue weighted by atomic mass is 19.4. The van der Waals surface area contributed by atoms with E-state index in [-0.39, 0.29) is 6.61 Å². The van der Waals surface area contributed by atoms with Crippen LogP contribution < -0.4 is 0 Å². The zero-order chi connectivity index (χ0) is 8.41.